The van der Waals surface area contributed by atoms with Crippen LogP contribution in [0.1, 0.15) is 12.8 Å². The third-order valence-corrected chi connectivity index (χ3v) is 3.89. The Bertz CT molecular complexity index is 320. The Morgan fingerprint density at radius 3 is 2.29 bits per heavy atom. The normalized spacial score (nSPS) is 18.8. The summed E-state index contributed by atoms with van der Waals surface area (Å²) in [5, 5.41) is -0.727. The van der Waals surface area contributed by atoms with Crippen LogP contribution < -0.4 is 0 Å². The van der Waals surface area contributed by atoms with Crippen LogP contribution in [0.2, 0.25) is 0 Å². The zero-order valence-corrected chi connectivity index (χ0v) is 9.37. The van der Waals surface area contributed by atoms with Gasteiger partial charge in [-0.15, -0.1) is 0 Å². The number of sulfone groups is 1. The highest BCUT2D eigenvalue weighted by Gasteiger charge is 2.42. The summed E-state index contributed by atoms with van der Waals surface area (Å²) in [6, 6.07) is 0. The minimum absolute atomic E-state index is 0.0779. The molecule has 1 aliphatic carbocycles. The van der Waals surface area contributed by atoms with Crippen LogP contribution in [-0.2, 0) is 14.6 Å². The Kier molecular flexibility index (Phi) is 3.04. The van der Waals surface area contributed by atoms with Gasteiger partial charge in [-0.25, -0.2) is 13.2 Å². The van der Waals surface area contributed by atoms with E-state index >= 15 is 0 Å². The minimum Gasteiger partial charge on any atom is -0.453 e. The molecule has 0 radical (unpaired) electrons. The summed E-state index contributed by atoms with van der Waals surface area (Å²) in [5.41, 5.74) is 0. The third-order valence-electron chi connectivity index (χ3n) is 2.31. The maximum absolute atomic E-state index is 11.4. The smallest absolute Gasteiger partial charge is 0.410 e. The number of hydrogen-bond acceptors (Lipinski definition) is 4. The number of carbonyl (C=O) groups is 1. The van der Waals surface area contributed by atoms with E-state index in [-0.39, 0.29) is 5.92 Å². The first-order valence-corrected chi connectivity index (χ1v) is 6.33. The first kappa shape index (κ1) is 11.3. The van der Waals surface area contributed by atoms with Crippen molar-refractivity contribution in [2.24, 2.45) is 5.92 Å². The van der Waals surface area contributed by atoms with Crippen LogP contribution in [0.15, 0.2) is 0 Å². The van der Waals surface area contributed by atoms with Crippen molar-refractivity contribution < 1.29 is 17.9 Å². The Hall–Kier alpha value is -0.780. The van der Waals surface area contributed by atoms with Crippen molar-refractivity contribution in [3.05, 3.63) is 0 Å². The van der Waals surface area contributed by atoms with Gasteiger partial charge in [0, 0.05) is 13.3 Å². The predicted molar refractivity (Wildman–Crippen MR) is 51.5 cm³/mol. The Morgan fingerprint density at radius 2 is 2.00 bits per heavy atom. The number of amides is 1. The number of methoxy groups -OCH3 is 1. The lowest BCUT2D eigenvalue weighted by Crippen LogP contribution is -2.43. The fourth-order valence-corrected chi connectivity index (χ4v) is 3.21. The second kappa shape index (κ2) is 3.76. The molecule has 1 rings (SSSR count). The summed E-state index contributed by atoms with van der Waals surface area (Å²) < 4.78 is 27.3. The molecule has 0 aromatic rings. The van der Waals surface area contributed by atoms with E-state index in [0.29, 0.717) is 0 Å². The molecule has 1 amide bonds. The molecule has 6 heteroatoms. The monoisotopic (exact) mass is 221 g/mol. The molecule has 1 atom stereocenters. The summed E-state index contributed by atoms with van der Waals surface area (Å²) in [4.78, 5) is 12.3. The second-order valence-corrected chi connectivity index (χ2v) is 5.78. The van der Waals surface area contributed by atoms with Crippen molar-refractivity contribution in [1.29, 1.82) is 0 Å². The zero-order chi connectivity index (χ0) is 10.9. The van der Waals surface area contributed by atoms with Crippen LogP contribution in [0.3, 0.4) is 0 Å². The fraction of sp³-hybridized carbons (Fsp3) is 0.875. The highest BCUT2D eigenvalue weighted by atomic mass is 32.2. The third kappa shape index (κ3) is 2.37. The Balaban J connectivity index is 2.83. The number of ether oxygens (including phenoxy) is 1. The molecular weight excluding hydrogens is 206 g/mol. The van der Waals surface area contributed by atoms with Gasteiger partial charge in [-0.05, 0) is 18.8 Å². The molecule has 1 saturated carbocycles. The molecule has 0 heterocycles. The topological polar surface area (TPSA) is 63.7 Å². The van der Waals surface area contributed by atoms with Gasteiger partial charge in [-0.1, -0.05) is 0 Å². The highest BCUT2D eigenvalue weighted by Crippen LogP contribution is 2.37. The van der Waals surface area contributed by atoms with Crippen molar-refractivity contribution in [3.8, 4) is 0 Å². The standard InChI is InChI=1S/C8H15NO4S/c1-9(8(10)13-2)7(6-4-5-6)14(3,11)12/h6-7H,4-5H2,1-3H3. The molecule has 0 N–H and O–H groups in total. The molecule has 1 aliphatic rings. The first-order valence-electron chi connectivity index (χ1n) is 4.37. The van der Waals surface area contributed by atoms with Crippen molar-refractivity contribution in [2.45, 2.75) is 18.2 Å². The number of rotatable bonds is 3. The lowest BCUT2D eigenvalue weighted by Gasteiger charge is -2.25. The van der Waals surface area contributed by atoms with Crippen LogP contribution in [-0.4, -0.2) is 45.2 Å². The van der Waals surface area contributed by atoms with Crippen molar-refractivity contribution >= 4 is 15.9 Å². The first-order chi connectivity index (χ1) is 6.38. The van der Waals surface area contributed by atoms with Crippen LogP contribution >= 0.6 is 0 Å². The van der Waals surface area contributed by atoms with Gasteiger partial charge in [0.2, 0.25) is 0 Å². The molecule has 0 aliphatic heterocycles. The summed E-state index contributed by atoms with van der Waals surface area (Å²) in [6.45, 7) is 0. The van der Waals surface area contributed by atoms with E-state index in [2.05, 4.69) is 4.74 Å². The van der Waals surface area contributed by atoms with Crippen LogP contribution in [0.4, 0.5) is 4.79 Å². The van der Waals surface area contributed by atoms with E-state index in [1.54, 1.807) is 0 Å². The van der Waals surface area contributed by atoms with E-state index in [0.717, 1.165) is 24.0 Å². The Labute approximate surface area is 83.9 Å². The van der Waals surface area contributed by atoms with Gasteiger partial charge in [0.15, 0.2) is 9.84 Å². The van der Waals surface area contributed by atoms with Gasteiger partial charge in [0.05, 0.1) is 7.11 Å². The maximum Gasteiger partial charge on any atom is 0.410 e. The lowest BCUT2D eigenvalue weighted by atomic mass is 10.4. The van der Waals surface area contributed by atoms with Gasteiger partial charge in [0.25, 0.3) is 0 Å². The van der Waals surface area contributed by atoms with E-state index in [9.17, 15) is 13.2 Å². The summed E-state index contributed by atoms with van der Waals surface area (Å²) in [6.07, 6.45) is 2.26. The van der Waals surface area contributed by atoms with Crippen molar-refractivity contribution in [3.63, 3.8) is 0 Å². The van der Waals surface area contributed by atoms with E-state index in [1.165, 1.54) is 14.2 Å². The quantitative estimate of drug-likeness (QED) is 0.694. The summed E-state index contributed by atoms with van der Waals surface area (Å²) in [7, 11) is -0.536. The van der Waals surface area contributed by atoms with Gasteiger partial charge in [0.1, 0.15) is 5.37 Å². The average molecular weight is 221 g/mol. The summed E-state index contributed by atoms with van der Waals surface area (Å²) >= 11 is 0. The number of hydrogen-bond donors (Lipinski definition) is 0. The molecule has 0 aromatic carbocycles. The lowest BCUT2D eigenvalue weighted by molar-refractivity contribution is 0.125. The van der Waals surface area contributed by atoms with Crippen LogP contribution in [0.5, 0.6) is 0 Å². The van der Waals surface area contributed by atoms with Gasteiger partial charge >= 0.3 is 6.09 Å². The van der Waals surface area contributed by atoms with Crippen molar-refractivity contribution in [1.82, 2.24) is 4.90 Å². The number of nitrogens with zero attached hydrogens (tertiary/aromatic N) is 1. The van der Waals surface area contributed by atoms with E-state index in [4.69, 9.17) is 0 Å². The molecule has 0 saturated heterocycles. The highest BCUT2D eigenvalue weighted by molar-refractivity contribution is 7.91. The predicted octanol–water partition coefficient (Wildman–Crippen LogP) is 0.465. The molecule has 0 aromatic heterocycles. The Morgan fingerprint density at radius 1 is 1.50 bits per heavy atom. The average Bonchev–Trinajstić information content (AvgIpc) is 2.84. The van der Waals surface area contributed by atoms with Gasteiger partial charge < -0.3 is 4.74 Å². The molecule has 5 nitrogen and oxygen atoms in total. The zero-order valence-electron chi connectivity index (χ0n) is 8.56. The maximum atomic E-state index is 11.4. The summed E-state index contributed by atoms with van der Waals surface area (Å²) in [5.74, 6) is 0.0779. The van der Waals surface area contributed by atoms with Crippen molar-refractivity contribution in [2.75, 3.05) is 20.4 Å². The number of carbonyl (C=O) groups excluding carboxylic acids is 1. The molecule has 14 heavy (non-hydrogen) atoms. The second-order valence-electron chi connectivity index (χ2n) is 3.64. The molecule has 0 spiro atoms. The molecular formula is C8H15NO4S. The van der Waals surface area contributed by atoms with Gasteiger partial charge in [-0.3, -0.25) is 4.90 Å². The molecule has 82 valence electrons. The molecule has 1 unspecified atom stereocenters. The molecule has 0 bridgehead atoms. The molecule has 1 fully saturated rings. The van der Waals surface area contributed by atoms with Crippen LogP contribution in [0.25, 0.3) is 0 Å². The van der Waals surface area contributed by atoms with E-state index < -0.39 is 21.3 Å². The SMILES string of the molecule is COC(=O)N(C)C(C1CC1)S(C)(=O)=O. The van der Waals surface area contributed by atoms with Crippen LogP contribution in [0, 0.1) is 5.92 Å². The minimum atomic E-state index is -3.23. The van der Waals surface area contributed by atoms with E-state index in [1.807, 2.05) is 0 Å². The largest absolute Gasteiger partial charge is 0.453 e. The fourth-order valence-electron chi connectivity index (χ4n) is 1.58. The van der Waals surface area contributed by atoms with Gasteiger partial charge in [-0.2, -0.15) is 0 Å².